The van der Waals surface area contributed by atoms with E-state index in [1.54, 1.807) is 49.6 Å². The Labute approximate surface area is 180 Å². The van der Waals surface area contributed by atoms with E-state index in [1.165, 1.54) is 12.0 Å². The third kappa shape index (κ3) is 3.79. The van der Waals surface area contributed by atoms with Gasteiger partial charge in [0, 0.05) is 11.6 Å². The van der Waals surface area contributed by atoms with Crippen LogP contribution in [0.4, 0.5) is 11.4 Å². The molecule has 4 rings (SSSR count). The standard InChI is InChI=1S/C24H24N2O5/c1-14-4-10-18-19(12-14)24(29)26(23(18)28)16-7-5-15(6-8-16)22(27)25-20-13-17(30-2)9-11-21(20)31-3/h4-9,11,13,18-19H,10,12H2,1-3H3,(H,25,27)/t18-,19-/m0/s1. The van der Waals surface area contributed by atoms with Crippen molar-refractivity contribution in [2.24, 2.45) is 11.8 Å². The highest BCUT2D eigenvalue weighted by Crippen LogP contribution is 2.39. The number of methoxy groups -OCH3 is 2. The molecule has 31 heavy (non-hydrogen) atoms. The second-order valence-electron chi connectivity index (χ2n) is 7.78. The van der Waals surface area contributed by atoms with Gasteiger partial charge in [-0.1, -0.05) is 11.6 Å². The molecule has 1 fully saturated rings. The largest absolute Gasteiger partial charge is 0.497 e. The van der Waals surface area contributed by atoms with Gasteiger partial charge in [0.05, 0.1) is 37.4 Å². The predicted molar refractivity (Wildman–Crippen MR) is 116 cm³/mol. The summed E-state index contributed by atoms with van der Waals surface area (Å²) in [4.78, 5) is 39.7. The van der Waals surface area contributed by atoms with Crippen LogP contribution >= 0.6 is 0 Å². The molecular formula is C24H24N2O5. The fourth-order valence-electron chi connectivity index (χ4n) is 4.16. The van der Waals surface area contributed by atoms with Crippen LogP contribution in [0.15, 0.2) is 54.1 Å². The number of nitrogens with one attached hydrogen (secondary N) is 1. The number of rotatable bonds is 5. The van der Waals surface area contributed by atoms with Crippen molar-refractivity contribution in [3.63, 3.8) is 0 Å². The van der Waals surface area contributed by atoms with Crippen LogP contribution in [0.25, 0.3) is 0 Å². The lowest BCUT2D eigenvalue weighted by Gasteiger charge is -2.18. The molecule has 2 aliphatic rings. The van der Waals surface area contributed by atoms with Crippen molar-refractivity contribution < 1.29 is 23.9 Å². The Hall–Kier alpha value is -3.61. The number of allylic oxidation sites excluding steroid dienone is 2. The molecule has 7 nitrogen and oxygen atoms in total. The highest BCUT2D eigenvalue weighted by Gasteiger charge is 2.48. The van der Waals surface area contributed by atoms with Gasteiger partial charge in [-0.25, -0.2) is 0 Å². The first-order chi connectivity index (χ1) is 14.9. The summed E-state index contributed by atoms with van der Waals surface area (Å²) in [5.41, 5.74) is 2.50. The number of fused-ring (bicyclic) bond motifs is 1. The molecule has 0 bridgehead atoms. The number of ether oxygens (including phenoxy) is 2. The van der Waals surface area contributed by atoms with Crippen molar-refractivity contribution in [3.05, 3.63) is 59.7 Å². The first kappa shape index (κ1) is 20.7. The lowest BCUT2D eigenvalue weighted by Crippen LogP contribution is -2.30. The van der Waals surface area contributed by atoms with Gasteiger partial charge in [0.1, 0.15) is 11.5 Å². The van der Waals surface area contributed by atoms with E-state index in [4.69, 9.17) is 9.47 Å². The summed E-state index contributed by atoms with van der Waals surface area (Å²) in [6.45, 7) is 1.99. The molecule has 0 unspecified atom stereocenters. The zero-order valence-electron chi connectivity index (χ0n) is 17.7. The smallest absolute Gasteiger partial charge is 0.255 e. The molecule has 2 aromatic rings. The Kier molecular flexibility index (Phi) is 5.50. The van der Waals surface area contributed by atoms with Crippen LogP contribution in [0.1, 0.15) is 30.1 Å². The van der Waals surface area contributed by atoms with E-state index >= 15 is 0 Å². The minimum absolute atomic E-state index is 0.166. The molecule has 1 saturated heterocycles. The van der Waals surface area contributed by atoms with Crippen LogP contribution in [0.5, 0.6) is 11.5 Å². The first-order valence-corrected chi connectivity index (χ1v) is 10.1. The number of anilines is 2. The number of carbonyl (C=O) groups is 3. The van der Waals surface area contributed by atoms with Gasteiger partial charge in [-0.3, -0.25) is 19.3 Å². The van der Waals surface area contributed by atoms with Crippen molar-refractivity contribution in [1.82, 2.24) is 0 Å². The molecule has 7 heteroatoms. The van der Waals surface area contributed by atoms with Crippen molar-refractivity contribution in [3.8, 4) is 11.5 Å². The van der Waals surface area contributed by atoms with Gasteiger partial charge < -0.3 is 14.8 Å². The van der Waals surface area contributed by atoms with E-state index in [-0.39, 0.29) is 29.6 Å². The van der Waals surface area contributed by atoms with Crippen LogP contribution in [0.3, 0.4) is 0 Å². The fraction of sp³-hybridized carbons (Fsp3) is 0.292. The van der Waals surface area contributed by atoms with E-state index in [9.17, 15) is 14.4 Å². The zero-order valence-corrected chi connectivity index (χ0v) is 17.7. The number of carbonyl (C=O) groups excluding carboxylic acids is 3. The van der Waals surface area contributed by atoms with Crippen molar-refractivity contribution >= 4 is 29.1 Å². The van der Waals surface area contributed by atoms with Crippen LogP contribution in [0, 0.1) is 11.8 Å². The van der Waals surface area contributed by atoms with Crippen molar-refractivity contribution in [2.75, 3.05) is 24.4 Å². The van der Waals surface area contributed by atoms with Crippen LogP contribution in [0.2, 0.25) is 0 Å². The third-order valence-electron chi connectivity index (χ3n) is 5.87. The molecule has 0 saturated carbocycles. The molecular weight excluding hydrogens is 396 g/mol. The van der Waals surface area contributed by atoms with Gasteiger partial charge in [0.15, 0.2) is 0 Å². The average molecular weight is 420 g/mol. The normalized spacial score (nSPS) is 20.2. The molecule has 0 aromatic heterocycles. The second-order valence-corrected chi connectivity index (χ2v) is 7.78. The topological polar surface area (TPSA) is 84.9 Å². The molecule has 1 heterocycles. The number of hydrogen-bond donors (Lipinski definition) is 1. The highest BCUT2D eigenvalue weighted by molar-refractivity contribution is 6.22. The van der Waals surface area contributed by atoms with E-state index in [1.807, 2.05) is 13.0 Å². The highest BCUT2D eigenvalue weighted by atomic mass is 16.5. The Morgan fingerprint density at radius 3 is 2.39 bits per heavy atom. The SMILES string of the molecule is COc1ccc(OC)c(NC(=O)c2ccc(N3C(=O)[C@H]4CC=C(C)C[C@@H]4C3=O)cc2)c1. The quantitative estimate of drug-likeness (QED) is 0.587. The molecule has 1 N–H and O–H groups in total. The minimum Gasteiger partial charge on any atom is -0.497 e. The predicted octanol–water partition coefficient (Wildman–Crippen LogP) is 3.80. The summed E-state index contributed by atoms with van der Waals surface area (Å²) in [5, 5.41) is 2.81. The van der Waals surface area contributed by atoms with Crippen LogP contribution in [-0.4, -0.2) is 31.9 Å². The molecule has 3 amide bonds. The summed E-state index contributed by atoms with van der Waals surface area (Å²) >= 11 is 0. The number of amides is 3. The van der Waals surface area contributed by atoms with Gasteiger partial charge in [-0.05, 0) is 56.2 Å². The summed E-state index contributed by atoms with van der Waals surface area (Å²) in [6, 6.07) is 11.6. The molecule has 0 spiro atoms. The summed E-state index contributed by atoms with van der Waals surface area (Å²) in [5.74, 6) is -0.168. The Morgan fingerprint density at radius 2 is 1.71 bits per heavy atom. The maximum absolute atomic E-state index is 12.9. The summed E-state index contributed by atoms with van der Waals surface area (Å²) < 4.78 is 10.5. The van der Waals surface area contributed by atoms with Gasteiger partial charge in [0.2, 0.25) is 11.8 Å². The average Bonchev–Trinajstić information content (AvgIpc) is 3.03. The maximum Gasteiger partial charge on any atom is 0.255 e. The zero-order chi connectivity index (χ0) is 22.1. The number of hydrogen-bond acceptors (Lipinski definition) is 5. The molecule has 1 aliphatic heterocycles. The Balaban J connectivity index is 1.52. The molecule has 160 valence electrons. The first-order valence-electron chi connectivity index (χ1n) is 10.1. The van der Waals surface area contributed by atoms with Crippen LogP contribution in [-0.2, 0) is 9.59 Å². The maximum atomic E-state index is 12.9. The van der Waals surface area contributed by atoms with Crippen molar-refractivity contribution in [2.45, 2.75) is 19.8 Å². The Morgan fingerprint density at radius 1 is 1.00 bits per heavy atom. The van der Waals surface area contributed by atoms with E-state index in [0.29, 0.717) is 41.3 Å². The van der Waals surface area contributed by atoms with E-state index < -0.39 is 0 Å². The molecule has 1 aliphatic carbocycles. The summed E-state index contributed by atoms with van der Waals surface area (Å²) in [7, 11) is 3.06. The van der Waals surface area contributed by atoms with Gasteiger partial charge in [-0.15, -0.1) is 0 Å². The lowest BCUT2D eigenvalue weighted by molar-refractivity contribution is -0.122. The number of nitrogens with zero attached hydrogens (tertiary/aromatic N) is 1. The third-order valence-corrected chi connectivity index (χ3v) is 5.87. The van der Waals surface area contributed by atoms with Gasteiger partial charge in [0.25, 0.3) is 5.91 Å². The fourth-order valence-corrected chi connectivity index (χ4v) is 4.16. The second kappa shape index (κ2) is 8.26. The number of imide groups is 1. The van der Waals surface area contributed by atoms with E-state index in [0.717, 1.165) is 5.57 Å². The summed E-state index contributed by atoms with van der Waals surface area (Å²) in [6.07, 6.45) is 3.26. The van der Waals surface area contributed by atoms with Gasteiger partial charge >= 0.3 is 0 Å². The monoisotopic (exact) mass is 420 g/mol. The Bertz CT molecular complexity index is 1070. The molecule has 2 aromatic carbocycles. The molecule has 0 radical (unpaired) electrons. The van der Waals surface area contributed by atoms with Gasteiger partial charge in [-0.2, -0.15) is 0 Å². The minimum atomic E-state index is -0.342. The van der Waals surface area contributed by atoms with Crippen LogP contribution < -0.4 is 19.7 Å². The lowest BCUT2D eigenvalue weighted by atomic mass is 9.82. The van der Waals surface area contributed by atoms with E-state index in [2.05, 4.69) is 5.32 Å². The van der Waals surface area contributed by atoms with Crippen molar-refractivity contribution in [1.29, 1.82) is 0 Å². The number of benzene rings is 2. The molecule has 2 atom stereocenters.